The molecule has 0 aromatic carbocycles. The first-order valence-corrected chi connectivity index (χ1v) is 6.95. The van der Waals surface area contributed by atoms with Crippen molar-refractivity contribution >= 4 is 11.5 Å². The molecule has 112 valence electrons. The zero-order valence-electron chi connectivity index (χ0n) is 13.9. The van der Waals surface area contributed by atoms with Crippen LogP contribution in [0.3, 0.4) is 0 Å². The average molecular weight is 269 g/mol. The van der Waals surface area contributed by atoms with Crippen LogP contribution >= 0.6 is 0 Å². The molecule has 4 nitrogen and oxygen atoms in total. The first-order chi connectivity index (χ1) is 8.55. The maximum Gasteiger partial charge on any atom is 0.143 e. The van der Waals surface area contributed by atoms with E-state index in [1.165, 1.54) is 0 Å². The van der Waals surface area contributed by atoms with E-state index in [4.69, 9.17) is 0 Å². The number of aliphatic imine (C=N–C) groups is 1. The van der Waals surface area contributed by atoms with Gasteiger partial charge in [-0.3, -0.25) is 19.6 Å². The summed E-state index contributed by atoms with van der Waals surface area (Å²) in [6, 6.07) is 0. The number of Topliss-reactive ketones (excluding diaryl/α,β-unsaturated/α-hetero) is 1. The number of rotatable bonds is 7. The number of likely N-dealkylation sites (N-methyl/N-ethyl adjacent to an activating group) is 1. The second-order valence-corrected chi connectivity index (χ2v) is 6.54. The molecule has 0 bridgehead atoms. The zero-order chi connectivity index (χ0) is 15.2. The lowest BCUT2D eigenvalue weighted by Gasteiger charge is -2.29. The van der Waals surface area contributed by atoms with Crippen LogP contribution in [0, 0.1) is 5.41 Å². The van der Waals surface area contributed by atoms with Gasteiger partial charge in [-0.25, -0.2) is 0 Å². The molecule has 0 aliphatic rings. The Morgan fingerprint density at radius 3 is 2.16 bits per heavy atom. The maximum atomic E-state index is 11.9. The predicted molar refractivity (Wildman–Crippen MR) is 82.8 cm³/mol. The third-order valence-corrected chi connectivity index (χ3v) is 3.47. The van der Waals surface area contributed by atoms with E-state index >= 15 is 0 Å². The van der Waals surface area contributed by atoms with E-state index in [0.29, 0.717) is 12.6 Å². The molecule has 0 aromatic rings. The molecule has 19 heavy (non-hydrogen) atoms. The Morgan fingerprint density at radius 2 is 1.74 bits per heavy atom. The van der Waals surface area contributed by atoms with Gasteiger partial charge in [-0.2, -0.15) is 0 Å². The van der Waals surface area contributed by atoms with Crippen LogP contribution in [-0.4, -0.2) is 61.7 Å². The quantitative estimate of drug-likeness (QED) is 0.525. The predicted octanol–water partition coefficient (Wildman–Crippen LogP) is 2.29. The Bertz CT molecular complexity index is 316. The minimum Gasteiger partial charge on any atom is -0.299 e. The summed E-state index contributed by atoms with van der Waals surface area (Å²) in [7, 11) is 6.23. The van der Waals surface area contributed by atoms with E-state index in [0.717, 1.165) is 18.8 Å². The van der Waals surface area contributed by atoms with Crippen molar-refractivity contribution < 1.29 is 4.79 Å². The molecule has 0 aromatic heterocycles. The monoisotopic (exact) mass is 269 g/mol. The van der Waals surface area contributed by atoms with Crippen molar-refractivity contribution in [1.82, 2.24) is 9.80 Å². The van der Waals surface area contributed by atoms with Gasteiger partial charge in [-0.15, -0.1) is 0 Å². The van der Waals surface area contributed by atoms with Gasteiger partial charge in [-0.05, 0) is 35.0 Å². The highest BCUT2D eigenvalue weighted by atomic mass is 16.1. The largest absolute Gasteiger partial charge is 0.299 e. The summed E-state index contributed by atoms with van der Waals surface area (Å²) in [4.78, 5) is 20.8. The molecule has 0 radical (unpaired) electrons. The fourth-order valence-electron chi connectivity index (χ4n) is 1.53. The minimum absolute atomic E-state index is 0.253. The molecule has 0 aliphatic carbocycles. The average Bonchev–Trinajstić information content (AvgIpc) is 2.26. The van der Waals surface area contributed by atoms with E-state index in [1.807, 2.05) is 27.7 Å². The van der Waals surface area contributed by atoms with Crippen LogP contribution in [0.4, 0.5) is 0 Å². The minimum atomic E-state index is -0.271. The van der Waals surface area contributed by atoms with E-state index in [9.17, 15) is 4.79 Å². The lowest BCUT2D eigenvalue weighted by Crippen LogP contribution is -2.41. The van der Waals surface area contributed by atoms with Crippen LogP contribution in [-0.2, 0) is 4.79 Å². The Hall–Kier alpha value is -0.740. The number of hydrogen-bond acceptors (Lipinski definition) is 4. The van der Waals surface area contributed by atoms with Crippen molar-refractivity contribution in [2.24, 2.45) is 10.4 Å². The first kappa shape index (κ1) is 18.3. The molecule has 0 N–H and O–H groups in total. The second kappa shape index (κ2) is 7.75. The van der Waals surface area contributed by atoms with Gasteiger partial charge in [0.25, 0.3) is 0 Å². The summed E-state index contributed by atoms with van der Waals surface area (Å²) in [5.74, 6) is 0.253. The number of hydrogen-bond donors (Lipinski definition) is 0. The van der Waals surface area contributed by atoms with Crippen molar-refractivity contribution in [3.63, 3.8) is 0 Å². The van der Waals surface area contributed by atoms with Gasteiger partial charge in [0, 0.05) is 24.1 Å². The molecule has 0 spiro atoms. The van der Waals surface area contributed by atoms with Gasteiger partial charge in [0.2, 0.25) is 0 Å². The van der Waals surface area contributed by atoms with Crippen LogP contribution in [0.15, 0.2) is 4.99 Å². The SMILES string of the molecule is CC(CC(=O)C(C)(C)C)=NCCN(C)C(C)N(C)C. The van der Waals surface area contributed by atoms with Gasteiger partial charge in [-0.1, -0.05) is 20.8 Å². The van der Waals surface area contributed by atoms with Crippen molar-refractivity contribution in [2.45, 2.75) is 47.2 Å². The lowest BCUT2D eigenvalue weighted by atomic mass is 9.88. The van der Waals surface area contributed by atoms with E-state index in [1.54, 1.807) is 0 Å². The molecule has 4 heteroatoms. The van der Waals surface area contributed by atoms with Gasteiger partial charge >= 0.3 is 0 Å². The molecule has 0 heterocycles. The summed E-state index contributed by atoms with van der Waals surface area (Å²) in [6.45, 7) is 11.6. The molecule has 1 unspecified atom stereocenters. The topological polar surface area (TPSA) is 35.9 Å². The smallest absolute Gasteiger partial charge is 0.143 e. The van der Waals surface area contributed by atoms with Crippen LogP contribution < -0.4 is 0 Å². The van der Waals surface area contributed by atoms with E-state index in [2.05, 4.69) is 42.9 Å². The molecule has 1 atom stereocenters. The molecule has 0 fully saturated rings. The van der Waals surface area contributed by atoms with E-state index < -0.39 is 0 Å². The molecule has 0 amide bonds. The Kier molecular flexibility index (Phi) is 7.45. The summed E-state index contributed by atoms with van der Waals surface area (Å²) in [5, 5.41) is 0. The molecule has 0 aliphatic heterocycles. The molecular formula is C15H31N3O. The number of nitrogens with zero attached hydrogens (tertiary/aromatic N) is 3. The standard InChI is InChI=1S/C15H31N3O/c1-12(11-14(19)15(3,4)5)16-9-10-18(8)13(2)17(6)7/h13H,9-11H2,1-8H3. The van der Waals surface area contributed by atoms with Gasteiger partial charge in [0.05, 0.1) is 12.7 Å². The summed E-state index contributed by atoms with van der Waals surface area (Å²) < 4.78 is 0. The second-order valence-electron chi connectivity index (χ2n) is 6.54. The highest BCUT2D eigenvalue weighted by Crippen LogP contribution is 2.16. The fraction of sp³-hybridized carbons (Fsp3) is 0.867. The third kappa shape index (κ3) is 7.43. The van der Waals surface area contributed by atoms with Crippen molar-refractivity contribution in [3.05, 3.63) is 0 Å². The van der Waals surface area contributed by atoms with Crippen LogP contribution in [0.1, 0.15) is 41.0 Å². The number of carbonyl (C=O) groups is 1. The van der Waals surface area contributed by atoms with Gasteiger partial charge < -0.3 is 0 Å². The summed E-state index contributed by atoms with van der Waals surface area (Å²) in [6.07, 6.45) is 0.864. The normalized spacial score (nSPS) is 15.2. The highest BCUT2D eigenvalue weighted by molar-refractivity contribution is 6.02. The summed E-state index contributed by atoms with van der Waals surface area (Å²) >= 11 is 0. The zero-order valence-corrected chi connectivity index (χ0v) is 13.9. The highest BCUT2D eigenvalue weighted by Gasteiger charge is 2.21. The number of carbonyl (C=O) groups excluding carboxylic acids is 1. The third-order valence-electron chi connectivity index (χ3n) is 3.47. The van der Waals surface area contributed by atoms with Crippen LogP contribution in [0.5, 0.6) is 0 Å². The van der Waals surface area contributed by atoms with Crippen molar-refractivity contribution in [2.75, 3.05) is 34.2 Å². The Labute approximate surface area is 118 Å². The van der Waals surface area contributed by atoms with Crippen LogP contribution in [0.25, 0.3) is 0 Å². The van der Waals surface area contributed by atoms with E-state index in [-0.39, 0.29) is 11.2 Å². The lowest BCUT2D eigenvalue weighted by molar-refractivity contribution is -0.125. The van der Waals surface area contributed by atoms with Gasteiger partial charge in [0.15, 0.2) is 0 Å². The van der Waals surface area contributed by atoms with Gasteiger partial charge in [0.1, 0.15) is 5.78 Å². The Balaban J connectivity index is 4.17. The molecule has 0 saturated carbocycles. The van der Waals surface area contributed by atoms with Crippen molar-refractivity contribution in [3.8, 4) is 0 Å². The fourth-order valence-corrected chi connectivity index (χ4v) is 1.53. The molecular weight excluding hydrogens is 238 g/mol. The number of ketones is 1. The first-order valence-electron chi connectivity index (χ1n) is 6.95. The summed E-state index contributed by atoms with van der Waals surface area (Å²) in [5.41, 5.74) is 0.665. The Morgan fingerprint density at radius 1 is 1.21 bits per heavy atom. The molecule has 0 rings (SSSR count). The maximum absolute atomic E-state index is 11.9. The van der Waals surface area contributed by atoms with Crippen molar-refractivity contribution in [1.29, 1.82) is 0 Å². The van der Waals surface area contributed by atoms with Crippen LogP contribution in [0.2, 0.25) is 0 Å². The molecule has 0 saturated heterocycles.